The molecule has 0 radical (unpaired) electrons. The number of quaternary nitrogens is 1. The number of benzene rings is 1. The van der Waals surface area contributed by atoms with Crippen LogP contribution in [0.5, 0.6) is 0 Å². The number of aromatic carboxylic acids is 1. The first-order valence-corrected chi connectivity index (χ1v) is 10.1. The van der Waals surface area contributed by atoms with E-state index in [1.165, 1.54) is 76.3 Å². The summed E-state index contributed by atoms with van der Waals surface area (Å²) in [7, 11) is 4.53. The van der Waals surface area contributed by atoms with Gasteiger partial charge in [0.05, 0.1) is 26.2 Å². The topological polar surface area (TPSA) is 37.3 Å². The lowest BCUT2D eigenvalue weighted by Gasteiger charge is -2.30. The van der Waals surface area contributed by atoms with E-state index >= 15 is 0 Å². The van der Waals surface area contributed by atoms with Crippen LogP contribution in [0.4, 0.5) is 0 Å². The van der Waals surface area contributed by atoms with Crippen molar-refractivity contribution in [3.63, 3.8) is 0 Å². The molecule has 0 aliphatic heterocycles. The molecule has 0 amide bonds. The molecule has 0 aromatic heterocycles. The molecule has 1 aromatic carbocycles. The highest BCUT2D eigenvalue weighted by Crippen LogP contribution is 2.14. The quantitative estimate of drug-likeness (QED) is 0.396. The van der Waals surface area contributed by atoms with E-state index in [1.807, 2.05) is 12.1 Å². The van der Waals surface area contributed by atoms with Crippen LogP contribution in [0.1, 0.15) is 87.1 Å². The number of nitrogens with zero attached hydrogens (tertiary/aromatic N) is 1. The lowest BCUT2D eigenvalue weighted by molar-refractivity contribution is -0.903. The molecule has 0 bridgehead atoms. The van der Waals surface area contributed by atoms with Crippen LogP contribution in [0.3, 0.4) is 0 Å². The van der Waals surface area contributed by atoms with Crippen LogP contribution in [0.2, 0.25) is 0 Å². The first kappa shape index (κ1) is 24.9. The summed E-state index contributed by atoms with van der Waals surface area (Å²) in [6.07, 6.45) is 13.7. The molecular weight excluding hydrogens is 346 g/mol. The zero-order valence-corrected chi connectivity index (χ0v) is 17.7. The Morgan fingerprint density at radius 3 is 1.77 bits per heavy atom. The van der Waals surface area contributed by atoms with Crippen LogP contribution in [-0.4, -0.2) is 36.2 Å². The third-order valence-electron chi connectivity index (χ3n) is 4.93. The molecule has 150 valence electrons. The van der Waals surface area contributed by atoms with Crippen LogP contribution < -0.4 is 12.4 Å². The molecule has 0 spiro atoms. The number of carbonyl (C=O) groups is 1. The van der Waals surface area contributed by atoms with E-state index in [2.05, 4.69) is 21.0 Å². The number of rotatable bonds is 14. The minimum atomic E-state index is -0.856. The second-order valence-electron chi connectivity index (χ2n) is 8.00. The van der Waals surface area contributed by atoms with Gasteiger partial charge in [-0.05, 0) is 25.0 Å². The molecule has 1 rings (SSSR count). The molecule has 1 aromatic rings. The van der Waals surface area contributed by atoms with E-state index < -0.39 is 5.97 Å². The summed E-state index contributed by atoms with van der Waals surface area (Å²) in [4.78, 5) is 10.9. The van der Waals surface area contributed by atoms with Crippen LogP contribution in [0.15, 0.2) is 24.3 Å². The van der Waals surface area contributed by atoms with E-state index in [-0.39, 0.29) is 12.4 Å². The predicted molar refractivity (Wildman–Crippen MR) is 106 cm³/mol. The molecule has 0 fully saturated rings. The molecule has 1 N–H and O–H groups in total. The van der Waals surface area contributed by atoms with Crippen molar-refractivity contribution in [1.82, 2.24) is 0 Å². The Hall–Kier alpha value is -1.06. The first-order chi connectivity index (χ1) is 11.9. The zero-order valence-electron chi connectivity index (χ0n) is 17.0. The van der Waals surface area contributed by atoms with Crippen molar-refractivity contribution in [2.45, 2.75) is 77.7 Å². The van der Waals surface area contributed by atoms with Crippen LogP contribution >= 0.6 is 0 Å². The van der Waals surface area contributed by atoms with E-state index in [9.17, 15) is 4.79 Å². The van der Waals surface area contributed by atoms with Crippen molar-refractivity contribution in [3.8, 4) is 0 Å². The van der Waals surface area contributed by atoms with Gasteiger partial charge in [0.1, 0.15) is 6.54 Å². The average molecular weight is 384 g/mol. The van der Waals surface area contributed by atoms with Gasteiger partial charge in [0.2, 0.25) is 0 Å². The smallest absolute Gasteiger partial charge is 0.335 e. The van der Waals surface area contributed by atoms with Gasteiger partial charge in [-0.15, -0.1) is 0 Å². The molecule has 3 nitrogen and oxygen atoms in total. The van der Waals surface area contributed by atoms with E-state index in [0.717, 1.165) is 11.0 Å². The van der Waals surface area contributed by atoms with Gasteiger partial charge < -0.3 is 22.0 Å². The van der Waals surface area contributed by atoms with Crippen molar-refractivity contribution in [2.75, 3.05) is 20.6 Å². The lowest BCUT2D eigenvalue weighted by atomic mass is 10.1. The highest BCUT2D eigenvalue weighted by Gasteiger charge is 2.15. The monoisotopic (exact) mass is 383 g/mol. The van der Waals surface area contributed by atoms with Crippen molar-refractivity contribution >= 4 is 5.97 Å². The predicted octanol–water partition coefficient (Wildman–Crippen LogP) is 2.89. The maximum Gasteiger partial charge on any atom is 0.335 e. The molecule has 0 aliphatic rings. The second-order valence-corrected chi connectivity index (χ2v) is 8.00. The summed E-state index contributed by atoms with van der Waals surface area (Å²) < 4.78 is 0.962. The number of hydrogen-bond donors (Lipinski definition) is 1. The lowest BCUT2D eigenvalue weighted by Crippen LogP contribution is -3.00. The van der Waals surface area contributed by atoms with Gasteiger partial charge >= 0.3 is 5.97 Å². The van der Waals surface area contributed by atoms with E-state index in [1.54, 1.807) is 12.1 Å². The molecule has 4 heteroatoms. The number of unbranched alkanes of at least 4 members (excludes halogenated alkanes) is 9. The maximum absolute atomic E-state index is 10.9. The summed E-state index contributed by atoms with van der Waals surface area (Å²) in [5.74, 6) is -0.856. The fourth-order valence-corrected chi connectivity index (χ4v) is 3.35. The normalized spacial score (nSPS) is 11.2. The summed E-state index contributed by atoms with van der Waals surface area (Å²) in [6, 6.07) is 7.31. The minimum absolute atomic E-state index is 0. The first-order valence-electron chi connectivity index (χ1n) is 10.1. The van der Waals surface area contributed by atoms with Crippen LogP contribution in [-0.2, 0) is 6.54 Å². The molecule has 0 atom stereocenters. The van der Waals surface area contributed by atoms with Crippen molar-refractivity contribution in [3.05, 3.63) is 35.4 Å². The molecular formula is C22H38ClNO2. The third kappa shape index (κ3) is 11.5. The fourth-order valence-electron chi connectivity index (χ4n) is 3.35. The number of carboxylic acids is 1. The number of halogens is 1. The van der Waals surface area contributed by atoms with Crippen molar-refractivity contribution in [2.24, 2.45) is 0 Å². The van der Waals surface area contributed by atoms with Crippen LogP contribution in [0, 0.1) is 0 Å². The molecule has 0 saturated carbocycles. The standard InChI is InChI=1S/C22H37NO2.ClH/c1-4-5-6-7-8-9-10-11-12-13-18-23(2,3)19-20-14-16-21(17-15-20)22(24)25;/h14-17H,4-13,18-19H2,1-3H3;1H. The Labute approximate surface area is 166 Å². The Morgan fingerprint density at radius 2 is 1.31 bits per heavy atom. The molecule has 26 heavy (non-hydrogen) atoms. The fraction of sp³-hybridized carbons (Fsp3) is 0.682. The Balaban J connectivity index is 0.00000625. The van der Waals surface area contributed by atoms with Gasteiger partial charge in [0.15, 0.2) is 0 Å². The van der Waals surface area contributed by atoms with Crippen molar-refractivity contribution in [1.29, 1.82) is 0 Å². The largest absolute Gasteiger partial charge is 1.00 e. The van der Waals surface area contributed by atoms with Crippen molar-refractivity contribution < 1.29 is 26.8 Å². The van der Waals surface area contributed by atoms with Gasteiger partial charge in [0, 0.05) is 5.56 Å². The number of carboxylic acid groups (broad SMARTS) is 1. The minimum Gasteiger partial charge on any atom is -1.00 e. The van der Waals surface area contributed by atoms with Gasteiger partial charge in [-0.3, -0.25) is 0 Å². The zero-order chi connectivity index (χ0) is 18.5. The SMILES string of the molecule is CCCCCCCCCCCC[N+](C)(C)Cc1ccc(C(=O)O)cc1.[Cl-]. The summed E-state index contributed by atoms with van der Waals surface area (Å²) in [6.45, 7) is 4.40. The van der Waals surface area contributed by atoms with Gasteiger partial charge in [0.25, 0.3) is 0 Å². The van der Waals surface area contributed by atoms with Crippen LogP contribution in [0.25, 0.3) is 0 Å². The number of hydrogen-bond acceptors (Lipinski definition) is 1. The Kier molecular flexibility index (Phi) is 13.5. The average Bonchev–Trinajstić information content (AvgIpc) is 2.56. The Morgan fingerprint density at radius 1 is 0.846 bits per heavy atom. The highest BCUT2D eigenvalue weighted by atomic mass is 35.5. The van der Waals surface area contributed by atoms with Gasteiger partial charge in [-0.1, -0.05) is 70.4 Å². The molecule has 0 aliphatic carbocycles. The van der Waals surface area contributed by atoms with Gasteiger partial charge in [-0.2, -0.15) is 0 Å². The molecule has 0 heterocycles. The summed E-state index contributed by atoms with van der Waals surface area (Å²) >= 11 is 0. The third-order valence-corrected chi connectivity index (χ3v) is 4.93. The maximum atomic E-state index is 10.9. The summed E-state index contributed by atoms with van der Waals surface area (Å²) in [5.41, 5.74) is 1.57. The van der Waals surface area contributed by atoms with E-state index in [4.69, 9.17) is 5.11 Å². The highest BCUT2D eigenvalue weighted by molar-refractivity contribution is 5.87. The van der Waals surface area contributed by atoms with E-state index in [0.29, 0.717) is 5.56 Å². The Bertz CT molecular complexity index is 485. The van der Waals surface area contributed by atoms with Gasteiger partial charge in [-0.25, -0.2) is 4.79 Å². The molecule has 0 unspecified atom stereocenters. The summed E-state index contributed by atoms with van der Waals surface area (Å²) in [5, 5.41) is 8.96. The second kappa shape index (κ2) is 14.1. The molecule has 0 saturated heterocycles.